The molecular weight excluding hydrogens is 296 g/mol. The molecule has 6 heteroatoms. The molecule has 0 fully saturated rings. The molecule has 1 rings (SSSR count). The zero-order valence-electron chi connectivity index (χ0n) is 9.17. The van der Waals surface area contributed by atoms with E-state index in [-0.39, 0.29) is 18.2 Å². The Morgan fingerprint density at radius 2 is 2.24 bits per heavy atom. The molecule has 3 nitrogen and oxygen atoms in total. The third kappa shape index (κ3) is 3.74. The molecule has 0 saturated carbocycles. The monoisotopic (exact) mass is 307 g/mol. The van der Waals surface area contributed by atoms with Gasteiger partial charge < -0.3 is 10.1 Å². The Kier molecular flexibility index (Phi) is 5.50. The minimum atomic E-state index is -1.14. The number of hydrogen-bond donors (Lipinski definition) is 1. The molecule has 0 aromatic heterocycles. The van der Waals surface area contributed by atoms with E-state index in [1.165, 1.54) is 19.2 Å². The summed E-state index contributed by atoms with van der Waals surface area (Å²) in [6.07, 6.45) is 0. The standard InChI is InChI=1S/C11H12BrF2NO2/c1-17-6-7(5-12)15-11(16)8-3-2-4-9(13)10(8)14/h2-4,7H,5-6H2,1H3,(H,15,16). The van der Waals surface area contributed by atoms with Crippen molar-refractivity contribution in [1.29, 1.82) is 0 Å². The van der Waals surface area contributed by atoms with Gasteiger partial charge in [0.25, 0.3) is 5.91 Å². The summed E-state index contributed by atoms with van der Waals surface area (Å²) in [5, 5.41) is 3.00. The van der Waals surface area contributed by atoms with Crippen LogP contribution < -0.4 is 5.32 Å². The number of carbonyl (C=O) groups is 1. The molecule has 0 bridgehead atoms. The predicted molar refractivity (Wildman–Crippen MR) is 63.3 cm³/mol. The number of alkyl halides is 1. The van der Waals surface area contributed by atoms with Crippen LogP contribution >= 0.6 is 15.9 Å². The van der Waals surface area contributed by atoms with Crippen molar-refractivity contribution in [3.05, 3.63) is 35.4 Å². The average molecular weight is 308 g/mol. The summed E-state index contributed by atoms with van der Waals surface area (Å²) < 4.78 is 31.1. The molecule has 17 heavy (non-hydrogen) atoms. The van der Waals surface area contributed by atoms with Crippen LogP contribution in [0.1, 0.15) is 10.4 Å². The van der Waals surface area contributed by atoms with E-state index in [1.807, 2.05) is 0 Å². The zero-order valence-corrected chi connectivity index (χ0v) is 10.8. The molecule has 1 N–H and O–H groups in total. The second kappa shape index (κ2) is 6.66. The van der Waals surface area contributed by atoms with Gasteiger partial charge in [-0.25, -0.2) is 8.78 Å². The summed E-state index contributed by atoms with van der Waals surface area (Å²) in [6.45, 7) is 0.286. The van der Waals surface area contributed by atoms with Crippen molar-refractivity contribution in [2.24, 2.45) is 0 Å². The molecule has 0 aliphatic rings. The van der Waals surface area contributed by atoms with Gasteiger partial charge in [-0.2, -0.15) is 0 Å². The van der Waals surface area contributed by atoms with E-state index < -0.39 is 17.5 Å². The average Bonchev–Trinajstić information content (AvgIpc) is 2.31. The van der Waals surface area contributed by atoms with Crippen LogP contribution in [0.4, 0.5) is 8.78 Å². The van der Waals surface area contributed by atoms with Crippen LogP contribution in [0.5, 0.6) is 0 Å². The number of hydrogen-bond acceptors (Lipinski definition) is 2. The van der Waals surface area contributed by atoms with Gasteiger partial charge in [-0.3, -0.25) is 4.79 Å². The molecular formula is C11H12BrF2NO2. The number of amides is 1. The van der Waals surface area contributed by atoms with Gasteiger partial charge in [-0.15, -0.1) is 0 Å². The molecule has 1 aromatic rings. The second-order valence-corrected chi connectivity index (χ2v) is 4.03. The van der Waals surface area contributed by atoms with Crippen LogP contribution in [0.25, 0.3) is 0 Å². The number of halogens is 3. The lowest BCUT2D eigenvalue weighted by atomic mass is 10.2. The zero-order chi connectivity index (χ0) is 12.8. The maximum absolute atomic E-state index is 13.3. The van der Waals surface area contributed by atoms with E-state index in [0.717, 1.165) is 6.07 Å². The van der Waals surface area contributed by atoms with Gasteiger partial charge in [0, 0.05) is 12.4 Å². The second-order valence-electron chi connectivity index (χ2n) is 3.38. The highest BCUT2D eigenvalue weighted by Gasteiger charge is 2.17. The Morgan fingerprint density at radius 3 is 2.82 bits per heavy atom. The first-order chi connectivity index (χ1) is 8.10. The van der Waals surface area contributed by atoms with Crippen molar-refractivity contribution < 1.29 is 18.3 Å². The van der Waals surface area contributed by atoms with Gasteiger partial charge in [0.1, 0.15) is 0 Å². The quantitative estimate of drug-likeness (QED) is 0.846. The van der Waals surface area contributed by atoms with E-state index in [2.05, 4.69) is 21.2 Å². The fraction of sp³-hybridized carbons (Fsp3) is 0.364. The lowest BCUT2D eigenvalue weighted by Gasteiger charge is -2.15. The first kappa shape index (κ1) is 14.1. The summed E-state index contributed by atoms with van der Waals surface area (Å²) in [4.78, 5) is 11.7. The number of methoxy groups -OCH3 is 1. The first-order valence-corrected chi connectivity index (χ1v) is 6.02. The minimum Gasteiger partial charge on any atom is -0.383 e. The Labute approximate surface area is 106 Å². The fourth-order valence-corrected chi connectivity index (χ4v) is 1.62. The van der Waals surface area contributed by atoms with Crippen LogP contribution in [0.15, 0.2) is 18.2 Å². The normalized spacial score (nSPS) is 12.2. The molecule has 94 valence electrons. The molecule has 0 aliphatic carbocycles. The van der Waals surface area contributed by atoms with Crippen LogP contribution in [-0.2, 0) is 4.74 Å². The Bertz CT molecular complexity index is 401. The van der Waals surface area contributed by atoms with E-state index in [0.29, 0.717) is 5.33 Å². The Balaban J connectivity index is 2.79. The van der Waals surface area contributed by atoms with Crippen LogP contribution in [0, 0.1) is 11.6 Å². The lowest BCUT2D eigenvalue weighted by molar-refractivity contribution is 0.0903. The predicted octanol–water partition coefficient (Wildman–Crippen LogP) is 2.10. The highest BCUT2D eigenvalue weighted by atomic mass is 79.9. The summed E-state index contributed by atoms with van der Waals surface area (Å²) in [7, 11) is 1.49. The third-order valence-electron chi connectivity index (χ3n) is 2.09. The highest BCUT2D eigenvalue weighted by Crippen LogP contribution is 2.11. The smallest absolute Gasteiger partial charge is 0.254 e. The van der Waals surface area contributed by atoms with Crippen LogP contribution in [0.2, 0.25) is 0 Å². The van der Waals surface area contributed by atoms with Crippen molar-refractivity contribution in [3.8, 4) is 0 Å². The number of benzene rings is 1. The Hall–Kier alpha value is -1.01. The highest BCUT2D eigenvalue weighted by molar-refractivity contribution is 9.09. The minimum absolute atomic E-state index is 0.286. The summed E-state index contributed by atoms with van der Waals surface area (Å²) in [5.41, 5.74) is -0.313. The van der Waals surface area contributed by atoms with E-state index in [4.69, 9.17) is 4.74 Å². The topological polar surface area (TPSA) is 38.3 Å². The van der Waals surface area contributed by atoms with Gasteiger partial charge in [-0.05, 0) is 12.1 Å². The molecule has 1 atom stereocenters. The van der Waals surface area contributed by atoms with Crippen LogP contribution in [0.3, 0.4) is 0 Å². The van der Waals surface area contributed by atoms with Crippen molar-refractivity contribution in [1.82, 2.24) is 5.32 Å². The van der Waals surface area contributed by atoms with Crippen molar-refractivity contribution in [3.63, 3.8) is 0 Å². The molecule has 0 spiro atoms. The first-order valence-electron chi connectivity index (χ1n) is 4.90. The van der Waals surface area contributed by atoms with Gasteiger partial charge >= 0.3 is 0 Å². The number of nitrogens with one attached hydrogen (secondary N) is 1. The molecule has 1 aromatic carbocycles. The summed E-state index contributed by atoms with van der Waals surface area (Å²) in [6, 6.07) is 3.18. The summed E-state index contributed by atoms with van der Waals surface area (Å²) >= 11 is 3.19. The van der Waals surface area contributed by atoms with Gasteiger partial charge in [0.15, 0.2) is 11.6 Å². The number of ether oxygens (including phenoxy) is 1. The van der Waals surface area contributed by atoms with E-state index in [1.54, 1.807) is 0 Å². The number of rotatable bonds is 5. The van der Waals surface area contributed by atoms with Crippen molar-refractivity contribution in [2.75, 3.05) is 19.0 Å². The van der Waals surface area contributed by atoms with E-state index in [9.17, 15) is 13.6 Å². The van der Waals surface area contributed by atoms with Gasteiger partial charge in [0.05, 0.1) is 18.2 Å². The molecule has 0 saturated heterocycles. The van der Waals surface area contributed by atoms with Crippen molar-refractivity contribution >= 4 is 21.8 Å². The van der Waals surface area contributed by atoms with Gasteiger partial charge in [0.2, 0.25) is 0 Å². The maximum Gasteiger partial charge on any atom is 0.254 e. The molecule has 0 aliphatic heterocycles. The third-order valence-corrected chi connectivity index (χ3v) is 2.87. The molecule has 1 unspecified atom stereocenters. The van der Waals surface area contributed by atoms with E-state index >= 15 is 0 Å². The molecule has 0 heterocycles. The molecule has 1 amide bonds. The SMILES string of the molecule is COCC(CBr)NC(=O)c1cccc(F)c1F. The largest absolute Gasteiger partial charge is 0.383 e. The maximum atomic E-state index is 13.3. The van der Waals surface area contributed by atoms with Crippen molar-refractivity contribution in [2.45, 2.75) is 6.04 Å². The molecule has 0 radical (unpaired) electrons. The lowest BCUT2D eigenvalue weighted by Crippen LogP contribution is -2.39. The van der Waals surface area contributed by atoms with Gasteiger partial charge in [-0.1, -0.05) is 22.0 Å². The van der Waals surface area contributed by atoms with Crippen LogP contribution in [-0.4, -0.2) is 31.0 Å². The summed E-state index contributed by atoms with van der Waals surface area (Å²) in [5.74, 6) is -2.85. The Morgan fingerprint density at radius 1 is 1.53 bits per heavy atom. The number of carbonyl (C=O) groups excluding carboxylic acids is 1. The fourth-order valence-electron chi connectivity index (χ4n) is 1.27.